The van der Waals surface area contributed by atoms with Crippen LogP contribution in [0.1, 0.15) is 11.1 Å². The maximum Gasteiger partial charge on any atom is 0.231 e. The number of aryl methyl sites for hydroxylation is 1. The summed E-state index contributed by atoms with van der Waals surface area (Å²) in [6, 6.07) is 11.0. The molecule has 0 fully saturated rings. The van der Waals surface area contributed by atoms with E-state index in [0.717, 1.165) is 22.5 Å². The molecule has 2 heterocycles. The van der Waals surface area contributed by atoms with Gasteiger partial charge in [0.2, 0.25) is 5.91 Å². The zero-order valence-electron chi connectivity index (χ0n) is 13.8. The van der Waals surface area contributed by atoms with Gasteiger partial charge in [-0.2, -0.15) is 0 Å². The van der Waals surface area contributed by atoms with E-state index in [1.54, 1.807) is 24.9 Å². The van der Waals surface area contributed by atoms with E-state index >= 15 is 0 Å². The first kappa shape index (κ1) is 15.8. The summed E-state index contributed by atoms with van der Waals surface area (Å²) in [7, 11) is 1.79. The highest BCUT2D eigenvalue weighted by Gasteiger charge is 2.24. The molecule has 25 heavy (non-hydrogen) atoms. The molecule has 1 N–H and O–H groups in total. The molecule has 0 saturated heterocycles. The number of benzene rings is 2. The van der Waals surface area contributed by atoms with Gasteiger partial charge in [0.15, 0.2) is 5.13 Å². The van der Waals surface area contributed by atoms with Crippen molar-refractivity contribution in [3.63, 3.8) is 0 Å². The fraction of sp³-hybridized carbons (Fsp3) is 0.158. The van der Waals surface area contributed by atoms with Crippen LogP contribution in [0.5, 0.6) is 0 Å². The van der Waals surface area contributed by atoms with Crippen molar-refractivity contribution in [1.29, 1.82) is 0 Å². The lowest BCUT2D eigenvalue weighted by atomic mass is 10.1. The Labute approximate surface area is 148 Å². The van der Waals surface area contributed by atoms with Crippen molar-refractivity contribution in [2.45, 2.75) is 13.3 Å². The summed E-state index contributed by atoms with van der Waals surface area (Å²) in [6.45, 7) is 1.73. The first-order chi connectivity index (χ1) is 12.0. The third-order valence-electron chi connectivity index (χ3n) is 4.38. The number of aromatic nitrogens is 1. The third-order valence-corrected chi connectivity index (χ3v) is 5.14. The van der Waals surface area contributed by atoms with E-state index in [9.17, 15) is 9.18 Å². The average molecular weight is 353 g/mol. The van der Waals surface area contributed by atoms with Gasteiger partial charge < -0.3 is 10.2 Å². The zero-order chi connectivity index (χ0) is 17.6. The van der Waals surface area contributed by atoms with Gasteiger partial charge in [-0.05, 0) is 42.3 Å². The van der Waals surface area contributed by atoms with Crippen molar-refractivity contribution in [3.05, 3.63) is 58.7 Å². The van der Waals surface area contributed by atoms with Gasteiger partial charge in [0.05, 0.1) is 12.1 Å². The summed E-state index contributed by atoms with van der Waals surface area (Å²) in [5.74, 6) is -0.136. The second-order valence-corrected chi connectivity index (χ2v) is 6.96. The second kappa shape index (κ2) is 5.97. The molecule has 2 aromatic carbocycles. The highest BCUT2D eigenvalue weighted by Crippen LogP contribution is 2.33. The Bertz CT molecular complexity index is 983. The van der Waals surface area contributed by atoms with Crippen molar-refractivity contribution in [2.75, 3.05) is 17.3 Å². The number of likely N-dealkylation sites (N-methyl/N-ethyl adjacent to an activating group) is 1. The highest BCUT2D eigenvalue weighted by molar-refractivity contribution is 7.14. The highest BCUT2D eigenvalue weighted by atomic mass is 32.1. The Hall–Kier alpha value is -2.73. The van der Waals surface area contributed by atoms with Crippen molar-refractivity contribution in [1.82, 2.24) is 4.98 Å². The van der Waals surface area contributed by atoms with E-state index in [2.05, 4.69) is 10.3 Å². The number of anilines is 3. The summed E-state index contributed by atoms with van der Waals surface area (Å²) in [6.07, 6.45) is 0.428. The molecular weight excluding hydrogens is 337 g/mol. The summed E-state index contributed by atoms with van der Waals surface area (Å²) < 4.78 is 13.7. The van der Waals surface area contributed by atoms with Gasteiger partial charge >= 0.3 is 0 Å². The molecule has 0 spiro atoms. The Kier molecular flexibility index (Phi) is 3.77. The molecule has 0 atom stereocenters. The van der Waals surface area contributed by atoms with Crippen LogP contribution in [0.3, 0.4) is 0 Å². The predicted octanol–water partition coefficient (Wildman–Crippen LogP) is 4.52. The minimum Gasteiger partial charge on any atom is -0.331 e. The van der Waals surface area contributed by atoms with E-state index in [-0.39, 0.29) is 11.7 Å². The number of hydrogen-bond donors (Lipinski definition) is 1. The van der Waals surface area contributed by atoms with Gasteiger partial charge in [-0.15, -0.1) is 11.3 Å². The smallest absolute Gasteiger partial charge is 0.231 e. The topological polar surface area (TPSA) is 45.2 Å². The standard InChI is InChI=1S/C19H16FN3OS/c1-11-3-5-14(9-15(11)20)21-19-22-16(10-25-19)12-4-6-17-13(7-12)8-18(24)23(17)2/h3-7,9-10H,8H2,1-2H3,(H,21,22). The lowest BCUT2D eigenvalue weighted by Gasteiger charge is -2.09. The number of rotatable bonds is 3. The first-order valence-electron chi connectivity index (χ1n) is 7.90. The summed E-state index contributed by atoms with van der Waals surface area (Å²) in [5.41, 5.74) is 5.07. The van der Waals surface area contributed by atoms with Crippen LogP contribution in [0.4, 0.5) is 20.9 Å². The molecule has 1 aromatic heterocycles. The van der Waals surface area contributed by atoms with Crippen molar-refractivity contribution >= 4 is 33.8 Å². The van der Waals surface area contributed by atoms with E-state index in [1.165, 1.54) is 17.4 Å². The van der Waals surface area contributed by atoms with E-state index in [0.29, 0.717) is 22.8 Å². The van der Waals surface area contributed by atoms with Gasteiger partial charge in [-0.3, -0.25) is 4.79 Å². The van der Waals surface area contributed by atoms with E-state index in [4.69, 9.17) is 0 Å². The third kappa shape index (κ3) is 2.89. The maximum absolute atomic E-state index is 13.7. The molecule has 3 aromatic rings. The van der Waals surface area contributed by atoms with Crippen LogP contribution in [-0.2, 0) is 11.2 Å². The number of fused-ring (bicyclic) bond motifs is 1. The normalized spacial score (nSPS) is 13.2. The number of nitrogens with one attached hydrogen (secondary N) is 1. The molecule has 126 valence electrons. The molecule has 6 heteroatoms. The van der Waals surface area contributed by atoms with Crippen LogP contribution in [0, 0.1) is 12.7 Å². The molecule has 4 nitrogen and oxygen atoms in total. The van der Waals surface area contributed by atoms with E-state index in [1.807, 2.05) is 29.6 Å². The average Bonchev–Trinajstić information content (AvgIpc) is 3.16. The number of nitrogens with zero attached hydrogens (tertiary/aromatic N) is 2. The lowest BCUT2D eigenvalue weighted by molar-refractivity contribution is -0.117. The van der Waals surface area contributed by atoms with Crippen molar-refractivity contribution in [2.24, 2.45) is 0 Å². The number of carbonyl (C=O) groups excluding carboxylic acids is 1. The van der Waals surface area contributed by atoms with Gasteiger partial charge in [0.25, 0.3) is 0 Å². The SMILES string of the molecule is Cc1ccc(Nc2nc(-c3ccc4c(c3)CC(=O)N4C)cs2)cc1F. The predicted molar refractivity (Wildman–Crippen MR) is 99.1 cm³/mol. The van der Waals surface area contributed by atoms with Crippen LogP contribution < -0.4 is 10.2 Å². The molecule has 1 aliphatic rings. The summed E-state index contributed by atoms with van der Waals surface area (Å²) >= 11 is 1.46. The Morgan fingerprint density at radius 2 is 2.08 bits per heavy atom. The number of carbonyl (C=O) groups is 1. The summed E-state index contributed by atoms with van der Waals surface area (Å²) in [5, 5.41) is 5.79. The van der Waals surface area contributed by atoms with Crippen LogP contribution in [-0.4, -0.2) is 17.9 Å². The van der Waals surface area contributed by atoms with Gasteiger partial charge in [0, 0.05) is 29.4 Å². The maximum atomic E-state index is 13.7. The van der Waals surface area contributed by atoms with Crippen LogP contribution in [0.2, 0.25) is 0 Å². The number of halogens is 1. The quantitative estimate of drug-likeness (QED) is 0.753. The van der Waals surface area contributed by atoms with E-state index < -0.39 is 0 Å². The molecule has 4 rings (SSSR count). The molecule has 0 aliphatic carbocycles. The number of hydrogen-bond acceptors (Lipinski definition) is 4. The molecule has 0 unspecified atom stereocenters. The van der Waals surface area contributed by atoms with Crippen molar-refractivity contribution < 1.29 is 9.18 Å². The van der Waals surface area contributed by atoms with Gasteiger partial charge in [0.1, 0.15) is 5.82 Å². The van der Waals surface area contributed by atoms with Crippen LogP contribution >= 0.6 is 11.3 Å². The molecule has 1 aliphatic heterocycles. The second-order valence-electron chi connectivity index (χ2n) is 6.10. The zero-order valence-corrected chi connectivity index (χ0v) is 14.7. The molecule has 0 bridgehead atoms. The molecule has 0 radical (unpaired) electrons. The Balaban J connectivity index is 1.58. The van der Waals surface area contributed by atoms with Crippen molar-refractivity contribution in [3.8, 4) is 11.3 Å². The van der Waals surface area contributed by atoms with Crippen LogP contribution in [0.15, 0.2) is 41.8 Å². The van der Waals surface area contributed by atoms with Gasteiger partial charge in [-0.25, -0.2) is 9.37 Å². The lowest BCUT2D eigenvalue weighted by Crippen LogP contribution is -2.20. The number of thiazole rings is 1. The molecular formula is C19H16FN3OS. The number of amides is 1. The Morgan fingerprint density at radius 1 is 1.24 bits per heavy atom. The Morgan fingerprint density at radius 3 is 2.88 bits per heavy atom. The molecule has 1 amide bonds. The van der Waals surface area contributed by atoms with Crippen LogP contribution in [0.25, 0.3) is 11.3 Å². The summed E-state index contributed by atoms with van der Waals surface area (Å²) in [4.78, 5) is 18.1. The fourth-order valence-corrected chi connectivity index (χ4v) is 3.63. The van der Waals surface area contributed by atoms with Gasteiger partial charge in [-0.1, -0.05) is 12.1 Å². The molecule has 0 saturated carbocycles. The fourth-order valence-electron chi connectivity index (χ4n) is 2.89. The monoisotopic (exact) mass is 353 g/mol. The minimum atomic E-state index is -0.241. The first-order valence-corrected chi connectivity index (χ1v) is 8.78. The minimum absolute atomic E-state index is 0.106. The largest absolute Gasteiger partial charge is 0.331 e.